The number of rotatable bonds is 36. The second-order valence-corrected chi connectivity index (χ2v) is 8.11. The minimum atomic E-state index is -0.458. The fraction of sp³-hybridized carbons (Fsp3) is 0.893. The van der Waals surface area contributed by atoms with E-state index < -0.39 is 5.97 Å². The maximum Gasteiger partial charge on any atom is 0.330 e. The number of ether oxygens (including phenoxy) is 12. The Hall–Kier alpha value is -1.23. The number of hydrogen-bond donors (Lipinski definition) is 0. The first-order valence-electron chi connectivity index (χ1n) is 14.5. The van der Waals surface area contributed by atoms with Crippen molar-refractivity contribution < 1.29 is 61.6 Å². The highest BCUT2D eigenvalue weighted by Crippen LogP contribution is 1.88. The van der Waals surface area contributed by atoms with Crippen LogP contribution in [0, 0.1) is 0 Å². The Bertz CT molecular complexity index is 525. The summed E-state index contributed by atoms with van der Waals surface area (Å²) in [5, 5.41) is 0. The predicted octanol–water partition coefficient (Wildman–Crippen LogP) is 1.31. The molecule has 0 unspecified atom stereocenters. The van der Waals surface area contributed by atoms with Crippen LogP contribution in [-0.2, 0) is 61.6 Å². The van der Waals surface area contributed by atoms with Crippen LogP contribution in [0.25, 0.3) is 0 Å². The zero-order chi connectivity index (χ0) is 29.7. The summed E-state index contributed by atoms with van der Waals surface area (Å²) < 4.78 is 64.2. The molecule has 13 heteroatoms. The van der Waals surface area contributed by atoms with Gasteiger partial charge in [-0.05, 0) is 6.42 Å². The molecule has 0 rings (SSSR count). The molecule has 0 aromatic carbocycles. The fourth-order valence-electron chi connectivity index (χ4n) is 2.71. The number of carbonyl (C=O) groups excluding carboxylic acids is 1. The normalized spacial score (nSPS) is 11.2. The second kappa shape index (κ2) is 36.8. The van der Waals surface area contributed by atoms with Crippen molar-refractivity contribution >= 4 is 5.97 Å². The van der Waals surface area contributed by atoms with Crippen LogP contribution in [0.2, 0.25) is 0 Å². The molecule has 0 aliphatic heterocycles. The molecule has 0 spiro atoms. The topological polar surface area (TPSA) is 128 Å². The van der Waals surface area contributed by atoms with Crippen molar-refractivity contribution in [3.8, 4) is 0 Å². The van der Waals surface area contributed by atoms with Crippen LogP contribution in [0.4, 0.5) is 0 Å². The van der Waals surface area contributed by atoms with Crippen molar-refractivity contribution in [1.29, 1.82) is 0 Å². The summed E-state index contributed by atoms with van der Waals surface area (Å²) in [6.45, 7) is 16.9. The Morgan fingerprint density at radius 2 is 0.585 bits per heavy atom. The van der Waals surface area contributed by atoms with E-state index in [0.717, 1.165) is 19.1 Å². The molecule has 0 fully saturated rings. The van der Waals surface area contributed by atoms with E-state index in [1.54, 1.807) is 0 Å². The zero-order valence-corrected chi connectivity index (χ0v) is 25.1. The molecular formula is C28H54O13. The van der Waals surface area contributed by atoms with Crippen molar-refractivity contribution in [3.63, 3.8) is 0 Å². The van der Waals surface area contributed by atoms with E-state index >= 15 is 0 Å². The average Bonchev–Trinajstić information content (AvgIpc) is 2.99. The third-order valence-electron chi connectivity index (χ3n) is 4.71. The van der Waals surface area contributed by atoms with Gasteiger partial charge < -0.3 is 56.8 Å². The Kier molecular flexibility index (Phi) is 35.7. The van der Waals surface area contributed by atoms with Gasteiger partial charge in [-0.2, -0.15) is 0 Å². The molecule has 0 aliphatic rings. The van der Waals surface area contributed by atoms with Gasteiger partial charge in [0.1, 0.15) is 6.61 Å². The lowest BCUT2D eigenvalue weighted by Gasteiger charge is -2.09. The first-order chi connectivity index (χ1) is 20.3. The molecule has 0 aromatic heterocycles. The van der Waals surface area contributed by atoms with Gasteiger partial charge in [0, 0.05) is 12.7 Å². The molecule has 0 radical (unpaired) electrons. The summed E-state index contributed by atoms with van der Waals surface area (Å²) in [5.41, 5.74) is 0. The van der Waals surface area contributed by atoms with Crippen molar-refractivity contribution in [2.24, 2.45) is 0 Å². The van der Waals surface area contributed by atoms with Gasteiger partial charge in [0.2, 0.25) is 0 Å². The second-order valence-electron chi connectivity index (χ2n) is 8.11. The lowest BCUT2D eigenvalue weighted by Crippen LogP contribution is -2.15. The van der Waals surface area contributed by atoms with Crippen LogP contribution in [-0.4, -0.2) is 158 Å². The summed E-state index contributed by atoms with van der Waals surface area (Å²) in [7, 11) is 0. The fourth-order valence-corrected chi connectivity index (χ4v) is 2.71. The molecular weight excluding hydrogens is 544 g/mol. The molecule has 13 nitrogen and oxygen atoms in total. The summed E-state index contributed by atoms with van der Waals surface area (Å²) >= 11 is 0. The van der Waals surface area contributed by atoms with Gasteiger partial charge in [-0.3, -0.25) is 0 Å². The number of carbonyl (C=O) groups is 1. The Morgan fingerprint density at radius 3 is 0.780 bits per heavy atom. The monoisotopic (exact) mass is 598 g/mol. The van der Waals surface area contributed by atoms with E-state index in [1.165, 1.54) is 0 Å². The molecule has 0 bridgehead atoms. The van der Waals surface area contributed by atoms with Gasteiger partial charge >= 0.3 is 5.97 Å². The molecule has 0 saturated carbocycles. The summed E-state index contributed by atoms with van der Waals surface area (Å²) in [6, 6.07) is 0. The van der Waals surface area contributed by atoms with Gasteiger partial charge in [0.25, 0.3) is 0 Å². The smallest absolute Gasteiger partial charge is 0.330 e. The molecule has 0 N–H and O–H groups in total. The predicted molar refractivity (Wildman–Crippen MR) is 150 cm³/mol. The number of hydrogen-bond acceptors (Lipinski definition) is 13. The summed E-state index contributed by atoms with van der Waals surface area (Å²) in [5.74, 6) is -0.458. The zero-order valence-electron chi connectivity index (χ0n) is 25.1. The van der Waals surface area contributed by atoms with Crippen LogP contribution >= 0.6 is 0 Å². The number of esters is 1. The minimum Gasteiger partial charge on any atom is -0.460 e. The van der Waals surface area contributed by atoms with Crippen molar-refractivity contribution in [2.75, 3.05) is 152 Å². The molecule has 0 heterocycles. The molecule has 0 aliphatic carbocycles. The lowest BCUT2D eigenvalue weighted by atomic mass is 10.5. The van der Waals surface area contributed by atoms with Crippen molar-refractivity contribution in [1.82, 2.24) is 0 Å². The van der Waals surface area contributed by atoms with Gasteiger partial charge in [-0.1, -0.05) is 13.5 Å². The highest BCUT2D eigenvalue weighted by Gasteiger charge is 1.97. The van der Waals surface area contributed by atoms with Crippen molar-refractivity contribution in [2.45, 2.75) is 13.3 Å². The highest BCUT2D eigenvalue weighted by molar-refractivity contribution is 5.81. The molecule has 0 amide bonds. The standard InChI is InChI=1S/C28H54O13/c1-3-5-30-6-7-31-8-9-32-10-11-33-12-13-34-14-15-35-16-17-36-18-19-37-20-21-38-22-23-39-24-25-40-26-27-41-28(29)4-2/h4H,2-3,5-27H2,1H3. The third-order valence-corrected chi connectivity index (χ3v) is 4.71. The van der Waals surface area contributed by atoms with Crippen LogP contribution in [0.15, 0.2) is 12.7 Å². The van der Waals surface area contributed by atoms with E-state index in [0.29, 0.717) is 139 Å². The van der Waals surface area contributed by atoms with E-state index in [2.05, 4.69) is 13.5 Å². The summed E-state index contributed by atoms with van der Waals surface area (Å²) in [4.78, 5) is 10.8. The van der Waals surface area contributed by atoms with Crippen molar-refractivity contribution in [3.05, 3.63) is 12.7 Å². The molecule has 41 heavy (non-hydrogen) atoms. The summed E-state index contributed by atoms with van der Waals surface area (Å²) in [6.07, 6.45) is 2.14. The maximum absolute atomic E-state index is 10.8. The van der Waals surface area contributed by atoms with Gasteiger partial charge in [-0.15, -0.1) is 0 Å². The van der Waals surface area contributed by atoms with E-state index in [-0.39, 0.29) is 6.61 Å². The quantitative estimate of drug-likeness (QED) is 0.0585. The van der Waals surface area contributed by atoms with E-state index in [9.17, 15) is 4.79 Å². The first kappa shape index (κ1) is 39.8. The Morgan fingerprint density at radius 1 is 0.390 bits per heavy atom. The minimum absolute atomic E-state index is 0.200. The van der Waals surface area contributed by atoms with E-state index in [1.807, 2.05) is 0 Å². The van der Waals surface area contributed by atoms with E-state index in [4.69, 9.17) is 56.8 Å². The highest BCUT2D eigenvalue weighted by atomic mass is 16.6. The van der Waals surface area contributed by atoms with Crippen LogP contribution < -0.4 is 0 Å². The Balaban J connectivity index is 3.04. The lowest BCUT2D eigenvalue weighted by molar-refractivity contribution is -0.139. The molecule has 244 valence electrons. The first-order valence-corrected chi connectivity index (χ1v) is 14.5. The Labute approximate surface area is 245 Å². The van der Waals surface area contributed by atoms with Crippen LogP contribution in [0.3, 0.4) is 0 Å². The van der Waals surface area contributed by atoms with Gasteiger partial charge in [0.05, 0.1) is 139 Å². The SMILES string of the molecule is C=CC(=O)OCCOCCOCCOCCOCCOCCOCCOCCOCCOCCOCCOCCC. The molecule has 0 atom stereocenters. The maximum atomic E-state index is 10.8. The van der Waals surface area contributed by atoms with Crippen LogP contribution in [0.1, 0.15) is 13.3 Å². The van der Waals surface area contributed by atoms with Gasteiger partial charge in [0.15, 0.2) is 0 Å². The molecule has 0 saturated heterocycles. The van der Waals surface area contributed by atoms with Crippen LogP contribution in [0.5, 0.6) is 0 Å². The third kappa shape index (κ3) is 36.7. The van der Waals surface area contributed by atoms with Gasteiger partial charge in [-0.25, -0.2) is 4.79 Å². The molecule has 0 aromatic rings. The average molecular weight is 599 g/mol. The largest absolute Gasteiger partial charge is 0.460 e.